The summed E-state index contributed by atoms with van der Waals surface area (Å²) in [5.74, 6) is 1.15. The quantitative estimate of drug-likeness (QED) is 0.341. The van der Waals surface area contributed by atoms with Crippen LogP contribution in [0.15, 0.2) is 48.8 Å². The van der Waals surface area contributed by atoms with Gasteiger partial charge in [0.25, 0.3) is 0 Å². The number of pyridine rings is 2. The number of benzene rings is 2. The van der Waals surface area contributed by atoms with Crippen molar-refractivity contribution in [1.82, 2.24) is 0 Å². The fourth-order valence-corrected chi connectivity index (χ4v) is 3.18. The van der Waals surface area contributed by atoms with Gasteiger partial charge in [0.05, 0.1) is 24.5 Å². The van der Waals surface area contributed by atoms with Crippen molar-refractivity contribution < 1.29 is 24.1 Å². The van der Waals surface area contributed by atoms with Crippen LogP contribution in [0.4, 0.5) is 0 Å². The Hall–Kier alpha value is -3.21. The van der Waals surface area contributed by atoms with E-state index in [1.807, 2.05) is 48.0 Å². The Bertz CT molecular complexity index is 1120. The molecule has 4 rings (SSSR count). The van der Waals surface area contributed by atoms with Gasteiger partial charge in [0, 0.05) is 12.1 Å². The fourth-order valence-electron chi connectivity index (χ4n) is 3.18. The molecule has 5 nitrogen and oxygen atoms in total. The van der Waals surface area contributed by atoms with Gasteiger partial charge in [-0.25, -0.2) is 0 Å². The van der Waals surface area contributed by atoms with Crippen LogP contribution in [0.5, 0.6) is 23.0 Å². The number of hydrogen-bond acceptors (Lipinski definition) is 4. The van der Waals surface area contributed by atoms with Crippen molar-refractivity contribution in [2.45, 2.75) is 6.92 Å². The van der Waals surface area contributed by atoms with Crippen molar-refractivity contribution in [3.8, 4) is 23.0 Å². The summed E-state index contributed by atoms with van der Waals surface area (Å²) in [5.41, 5.74) is 0.951. The third-order valence-electron chi connectivity index (χ3n) is 4.39. The van der Waals surface area contributed by atoms with Crippen molar-refractivity contribution in [1.29, 1.82) is 0 Å². The molecule has 0 radical (unpaired) electrons. The van der Waals surface area contributed by atoms with Gasteiger partial charge in [-0.15, -0.1) is 0 Å². The minimum atomic E-state index is 0.110. The van der Waals surface area contributed by atoms with Gasteiger partial charge in [-0.1, -0.05) is 0 Å². The molecule has 126 valence electrons. The maximum Gasteiger partial charge on any atom is 0.219 e. The van der Waals surface area contributed by atoms with Crippen LogP contribution in [0.25, 0.3) is 27.1 Å². The largest absolute Gasteiger partial charge is 0.504 e. The van der Waals surface area contributed by atoms with E-state index in [9.17, 15) is 10.2 Å². The van der Waals surface area contributed by atoms with E-state index < -0.39 is 0 Å². The molecule has 0 fully saturated rings. The van der Waals surface area contributed by atoms with Crippen molar-refractivity contribution in [2.24, 2.45) is 0 Å². The zero-order valence-corrected chi connectivity index (χ0v) is 14.0. The Kier molecular flexibility index (Phi) is 3.50. The second kappa shape index (κ2) is 5.70. The van der Waals surface area contributed by atoms with Crippen LogP contribution in [-0.4, -0.2) is 23.9 Å². The Morgan fingerprint density at radius 2 is 1.76 bits per heavy atom. The van der Waals surface area contributed by atoms with E-state index in [1.54, 1.807) is 12.1 Å². The lowest BCUT2D eigenvalue weighted by molar-refractivity contribution is -0.509. The first-order chi connectivity index (χ1) is 12.1. The number of rotatable bonds is 3. The highest BCUT2D eigenvalue weighted by atomic mass is 16.5. The van der Waals surface area contributed by atoms with E-state index in [0.29, 0.717) is 23.5 Å². The molecule has 4 aromatic rings. The van der Waals surface area contributed by atoms with E-state index in [0.717, 1.165) is 21.7 Å². The highest BCUT2D eigenvalue weighted by Crippen LogP contribution is 2.36. The number of aromatic hydroxyl groups is 2. The summed E-state index contributed by atoms with van der Waals surface area (Å²) in [4.78, 5) is 0. The Morgan fingerprint density at radius 3 is 2.52 bits per heavy atom. The number of ether oxygens (including phenoxy) is 2. The Morgan fingerprint density at radius 1 is 0.960 bits per heavy atom. The molecule has 2 aromatic carbocycles. The maximum absolute atomic E-state index is 10.5. The lowest BCUT2D eigenvalue weighted by atomic mass is 10.1. The number of aromatic nitrogens is 1. The molecule has 25 heavy (non-hydrogen) atoms. The van der Waals surface area contributed by atoms with Crippen LogP contribution in [0.3, 0.4) is 0 Å². The van der Waals surface area contributed by atoms with Gasteiger partial charge >= 0.3 is 0 Å². The van der Waals surface area contributed by atoms with Crippen molar-refractivity contribution in [2.75, 3.05) is 13.7 Å². The minimum Gasteiger partial charge on any atom is -0.504 e. The lowest BCUT2D eigenvalue weighted by Crippen LogP contribution is -2.20. The Labute approximate surface area is 144 Å². The molecule has 0 amide bonds. The van der Waals surface area contributed by atoms with Gasteiger partial charge in [-0.05, 0) is 42.0 Å². The van der Waals surface area contributed by atoms with Gasteiger partial charge in [-0.2, -0.15) is 4.40 Å². The molecular formula is C20H18NO4+. The van der Waals surface area contributed by atoms with Crippen LogP contribution in [-0.2, 0) is 0 Å². The first-order valence-electron chi connectivity index (χ1n) is 8.05. The van der Waals surface area contributed by atoms with E-state index in [4.69, 9.17) is 9.47 Å². The van der Waals surface area contributed by atoms with Crippen LogP contribution < -0.4 is 13.9 Å². The molecule has 2 aromatic heterocycles. The van der Waals surface area contributed by atoms with E-state index in [-0.39, 0.29) is 11.5 Å². The average molecular weight is 336 g/mol. The summed E-state index contributed by atoms with van der Waals surface area (Å²) in [6.07, 6.45) is 3.77. The summed E-state index contributed by atoms with van der Waals surface area (Å²) in [5, 5.41) is 24.0. The van der Waals surface area contributed by atoms with Crippen LogP contribution in [0, 0.1) is 0 Å². The second-order valence-electron chi connectivity index (χ2n) is 5.84. The molecule has 0 unspecified atom stereocenters. The van der Waals surface area contributed by atoms with Crippen molar-refractivity contribution in [3.05, 3.63) is 48.8 Å². The second-order valence-corrected chi connectivity index (χ2v) is 5.84. The number of hydrogen-bond donors (Lipinski definition) is 2. The molecule has 0 bridgehead atoms. The van der Waals surface area contributed by atoms with Gasteiger partial charge in [0.2, 0.25) is 5.52 Å². The molecule has 0 saturated heterocycles. The number of methoxy groups -OCH3 is 1. The van der Waals surface area contributed by atoms with Crippen molar-refractivity contribution >= 4 is 27.1 Å². The summed E-state index contributed by atoms with van der Waals surface area (Å²) in [6.45, 7) is 2.38. The highest BCUT2D eigenvalue weighted by Gasteiger charge is 2.16. The lowest BCUT2D eigenvalue weighted by Gasteiger charge is -2.09. The third-order valence-corrected chi connectivity index (χ3v) is 4.39. The van der Waals surface area contributed by atoms with E-state index in [1.165, 1.54) is 7.11 Å². The topological polar surface area (TPSA) is 63.0 Å². The molecule has 0 aliphatic heterocycles. The zero-order chi connectivity index (χ0) is 17.6. The number of fused-ring (bicyclic) bond motifs is 4. The first-order valence-corrected chi connectivity index (χ1v) is 8.05. The number of phenolic OH excluding ortho intramolecular Hbond substituents is 2. The molecule has 0 aliphatic rings. The van der Waals surface area contributed by atoms with Crippen LogP contribution in [0.1, 0.15) is 6.92 Å². The number of nitrogens with zero attached hydrogens (tertiary/aromatic N) is 1. The van der Waals surface area contributed by atoms with Crippen LogP contribution >= 0.6 is 0 Å². The summed E-state index contributed by atoms with van der Waals surface area (Å²) < 4.78 is 12.6. The van der Waals surface area contributed by atoms with Gasteiger partial charge in [0.15, 0.2) is 35.4 Å². The smallest absolute Gasteiger partial charge is 0.219 e. The maximum atomic E-state index is 10.5. The standard InChI is InChI=1S/C20H17NO4/c1-3-25-18-5-4-12-8-16-14-10-19(24-2)17(22)9-13(14)6-7-21(16)11-15(12)20(18)23/h4-11H,3H2,1-2H3,(H,22,23)/p+1. The summed E-state index contributed by atoms with van der Waals surface area (Å²) >= 11 is 0. The van der Waals surface area contributed by atoms with Crippen molar-refractivity contribution in [3.63, 3.8) is 0 Å². The SMILES string of the molecule is CCOc1ccc2cc3c4cc(OC)c(O)cc4cc[n+]3cc2c1O. The fraction of sp³-hybridized carbons (Fsp3) is 0.150. The average Bonchev–Trinajstić information content (AvgIpc) is 2.62. The summed E-state index contributed by atoms with van der Waals surface area (Å²) in [6, 6.07) is 11.1. The molecule has 0 spiro atoms. The monoisotopic (exact) mass is 336 g/mol. The predicted octanol–water partition coefficient (Wildman–Crippen LogP) is 3.55. The van der Waals surface area contributed by atoms with E-state index >= 15 is 0 Å². The normalized spacial score (nSPS) is 11.3. The zero-order valence-electron chi connectivity index (χ0n) is 14.0. The van der Waals surface area contributed by atoms with Gasteiger partial charge in [-0.3, -0.25) is 0 Å². The molecular weight excluding hydrogens is 318 g/mol. The molecule has 2 heterocycles. The molecule has 2 N–H and O–H groups in total. The minimum absolute atomic E-state index is 0.110. The Balaban J connectivity index is 2.06. The predicted molar refractivity (Wildman–Crippen MR) is 95.7 cm³/mol. The van der Waals surface area contributed by atoms with E-state index in [2.05, 4.69) is 0 Å². The molecule has 0 atom stereocenters. The molecule has 0 aliphatic carbocycles. The first kappa shape index (κ1) is 15.3. The van der Waals surface area contributed by atoms with Crippen LogP contribution in [0.2, 0.25) is 0 Å². The van der Waals surface area contributed by atoms with Gasteiger partial charge < -0.3 is 19.7 Å². The molecule has 0 saturated carbocycles. The summed E-state index contributed by atoms with van der Waals surface area (Å²) in [7, 11) is 1.53. The number of phenols is 2. The molecule has 5 heteroatoms. The highest BCUT2D eigenvalue weighted by molar-refractivity contribution is 6.00. The van der Waals surface area contributed by atoms with Gasteiger partial charge in [0.1, 0.15) is 0 Å². The third kappa shape index (κ3) is 2.36.